The number of hydrogen-bond acceptors (Lipinski definition) is 3. The van der Waals surface area contributed by atoms with Crippen molar-refractivity contribution in [1.29, 1.82) is 0 Å². The van der Waals surface area contributed by atoms with Crippen molar-refractivity contribution in [1.82, 2.24) is 0 Å². The summed E-state index contributed by atoms with van der Waals surface area (Å²) in [5.41, 5.74) is 0.150. The summed E-state index contributed by atoms with van der Waals surface area (Å²) in [7, 11) is 0. The summed E-state index contributed by atoms with van der Waals surface area (Å²) < 4.78 is 39.9. The third-order valence-electron chi connectivity index (χ3n) is 1.71. The van der Waals surface area contributed by atoms with Gasteiger partial charge in [0.25, 0.3) is 0 Å². The highest BCUT2D eigenvalue weighted by Gasteiger charge is 2.28. The van der Waals surface area contributed by atoms with Gasteiger partial charge in [-0.15, -0.1) is 0 Å². The Bertz CT molecular complexity index is 360. The molecule has 1 aromatic rings. The van der Waals surface area contributed by atoms with Crippen molar-refractivity contribution in [3.63, 3.8) is 0 Å². The Morgan fingerprint density at radius 1 is 1.27 bits per heavy atom. The Labute approximate surface area is 83.7 Å². The zero-order valence-electron chi connectivity index (χ0n) is 7.80. The van der Waals surface area contributed by atoms with Crippen LogP contribution in [0.3, 0.4) is 0 Å². The van der Waals surface area contributed by atoms with Crippen LogP contribution in [0.15, 0.2) is 12.1 Å². The van der Waals surface area contributed by atoms with Crippen LogP contribution in [0, 0.1) is 6.92 Å². The van der Waals surface area contributed by atoms with Gasteiger partial charge in [0.2, 0.25) is 0 Å². The summed E-state index contributed by atoms with van der Waals surface area (Å²) in [5.74, 6) is -0.854. The lowest BCUT2D eigenvalue weighted by Gasteiger charge is -2.12. The molecule has 3 nitrogen and oxygen atoms in total. The molecular weight excluding hydrogens is 213 g/mol. The second-order valence-electron chi connectivity index (χ2n) is 2.99. The number of benzene rings is 1. The second-order valence-corrected chi connectivity index (χ2v) is 2.99. The number of alkyl halides is 3. The predicted molar refractivity (Wildman–Crippen MR) is 46.1 cm³/mol. The van der Waals surface area contributed by atoms with Crippen molar-refractivity contribution in [3.8, 4) is 17.2 Å². The van der Waals surface area contributed by atoms with Crippen molar-refractivity contribution in [2.24, 2.45) is 0 Å². The summed E-state index contributed by atoms with van der Waals surface area (Å²) in [5, 5.41) is 18.2. The normalized spacial score (nSPS) is 11.5. The number of hydrogen-bond donors (Lipinski definition) is 2. The number of halogens is 3. The van der Waals surface area contributed by atoms with Crippen molar-refractivity contribution >= 4 is 0 Å². The van der Waals surface area contributed by atoms with E-state index < -0.39 is 12.8 Å². The molecule has 0 spiro atoms. The highest BCUT2D eigenvalue weighted by atomic mass is 19.4. The molecule has 84 valence electrons. The van der Waals surface area contributed by atoms with Crippen LogP contribution in [0.1, 0.15) is 5.56 Å². The SMILES string of the molecule is Cc1c(O)cc(O)cc1OCC(F)(F)F. The maximum Gasteiger partial charge on any atom is 0.422 e. The highest BCUT2D eigenvalue weighted by Crippen LogP contribution is 2.32. The van der Waals surface area contributed by atoms with Gasteiger partial charge in [-0.05, 0) is 6.92 Å². The van der Waals surface area contributed by atoms with Gasteiger partial charge in [-0.3, -0.25) is 0 Å². The van der Waals surface area contributed by atoms with E-state index in [9.17, 15) is 18.3 Å². The minimum atomic E-state index is -4.45. The van der Waals surface area contributed by atoms with Crippen LogP contribution in [-0.4, -0.2) is 23.0 Å². The van der Waals surface area contributed by atoms with E-state index >= 15 is 0 Å². The van der Waals surface area contributed by atoms with Gasteiger partial charge in [0, 0.05) is 17.7 Å². The average Bonchev–Trinajstić information content (AvgIpc) is 2.07. The van der Waals surface area contributed by atoms with Gasteiger partial charge in [0.1, 0.15) is 17.2 Å². The van der Waals surface area contributed by atoms with Crippen LogP contribution in [0.25, 0.3) is 0 Å². The minimum absolute atomic E-state index is 0.150. The Morgan fingerprint density at radius 2 is 1.87 bits per heavy atom. The van der Waals surface area contributed by atoms with E-state index in [4.69, 9.17) is 5.11 Å². The molecule has 0 amide bonds. The third kappa shape index (κ3) is 3.23. The van der Waals surface area contributed by atoms with E-state index in [1.54, 1.807) is 0 Å². The number of ether oxygens (including phenoxy) is 1. The molecule has 0 saturated carbocycles. The standard InChI is InChI=1S/C9H9F3O3/c1-5-7(14)2-6(13)3-8(5)15-4-9(10,11)12/h2-3,13-14H,4H2,1H3. The molecule has 1 aromatic carbocycles. The van der Waals surface area contributed by atoms with Crippen LogP contribution in [0.4, 0.5) is 13.2 Å². The summed E-state index contributed by atoms with van der Waals surface area (Å²) in [6, 6.07) is 2.04. The molecule has 0 heterocycles. The van der Waals surface area contributed by atoms with Crippen LogP contribution < -0.4 is 4.74 Å². The number of phenolic OH excluding ortho intramolecular Hbond substituents is 2. The quantitative estimate of drug-likeness (QED) is 0.807. The van der Waals surface area contributed by atoms with Gasteiger partial charge < -0.3 is 14.9 Å². The van der Waals surface area contributed by atoms with E-state index in [1.165, 1.54) is 6.92 Å². The molecule has 0 saturated heterocycles. The van der Waals surface area contributed by atoms with Crippen LogP contribution in [0.2, 0.25) is 0 Å². The lowest BCUT2D eigenvalue weighted by molar-refractivity contribution is -0.153. The van der Waals surface area contributed by atoms with Crippen molar-refractivity contribution in [2.75, 3.05) is 6.61 Å². The molecule has 2 N–H and O–H groups in total. The molecule has 0 unspecified atom stereocenters. The summed E-state index contributed by atoms with van der Waals surface area (Å²) in [6.07, 6.45) is -4.45. The summed E-state index contributed by atoms with van der Waals surface area (Å²) in [6.45, 7) is -0.0722. The molecule has 0 fully saturated rings. The molecule has 0 aromatic heterocycles. The van der Waals surface area contributed by atoms with Crippen molar-refractivity contribution in [2.45, 2.75) is 13.1 Å². The molecular formula is C9H9F3O3. The Hall–Kier alpha value is -1.59. The first-order chi connectivity index (χ1) is 6.79. The minimum Gasteiger partial charge on any atom is -0.508 e. The Balaban J connectivity index is 2.86. The smallest absolute Gasteiger partial charge is 0.422 e. The zero-order chi connectivity index (χ0) is 11.6. The first kappa shape index (κ1) is 11.5. The number of aromatic hydroxyl groups is 2. The van der Waals surface area contributed by atoms with Crippen LogP contribution in [0.5, 0.6) is 17.2 Å². The van der Waals surface area contributed by atoms with Gasteiger partial charge in [0.15, 0.2) is 6.61 Å². The van der Waals surface area contributed by atoms with E-state index in [0.29, 0.717) is 0 Å². The fraction of sp³-hybridized carbons (Fsp3) is 0.333. The zero-order valence-corrected chi connectivity index (χ0v) is 7.80. The average molecular weight is 222 g/mol. The van der Waals surface area contributed by atoms with E-state index in [2.05, 4.69) is 4.74 Å². The maximum atomic E-state index is 11.8. The molecule has 0 radical (unpaired) electrons. The molecule has 6 heteroatoms. The van der Waals surface area contributed by atoms with Crippen LogP contribution >= 0.6 is 0 Å². The predicted octanol–water partition coefficient (Wildman–Crippen LogP) is 2.35. The van der Waals surface area contributed by atoms with Crippen molar-refractivity contribution in [3.05, 3.63) is 17.7 Å². The van der Waals surface area contributed by atoms with Gasteiger partial charge in [-0.2, -0.15) is 13.2 Å². The molecule has 0 aliphatic carbocycles. The van der Waals surface area contributed by atoms with E-state index in [-0.39, 0.29) is 22.8 Å². The second kappa shape index (κ2) is 3.88. The molecule has 15 heavy (non-hydrogen) atoms. The lowest BCUT2D eigenvalue weighted by Crippen LogP contribution is -2.19. The first-order valence-electron chi connectivity index (χ1n) is 4.02. The maximum absolute atomic E-state index is 11.8. The molecule has 0 aliphatic heterocycles. The highest BCUT2D eigenvalue weighted by molar-refractivity contribution is 5.48. The molecule has 0 bridgehead atoms. The fourth-order valence-corrected chi connectivity index (χ4v) is 0.968. The third-order valence-corrected chi connectivity index (χ3v) is 1.71. The molecule has 0 aliphatic rings. The van der Waals surface area contributed by atoms with E-state index in [0.717, 1.165) is 12.1 Å². The van der Waals surface area contributed by atoms with Crippen LogP contribution in [-0.2, 0) is 0 Å². The topological polar surface area (TPSA) is 49.7 Å². The monoisotopic (exact) mass is 222 g/mol. The lowest BCUT2D eigenvalue weighted by atomic mass is 10.2. The Morgan fingerprint density at radius 3 is 2.40 bits per heavy atom. The van der Waals surface area contributed by atoms with Gasteiger partial charge in [0.05, 0.1) is 0 Å². The number of phenols is 2. The van der Waals surface area contributed by atoms with E-state index in [1.807, 2.05) is 0 Å². The largest absolute Gasteiger partial charge is 0.508 e. The first-order valence-corrected chi connectivity index (χ1v) is 4.02. The Kier molecular flexibility index (Phi) is 2.97. The number of rotatable bonds is 2. The van der Waals surface area contributed by atoms with Gasteiger partial charge in [-0.25, -0.2) is 0 Å². The molecule has 1 rings (SSSR count). The summed E-state index contributed by atoms with van der Waals surface area (Å²) in [4.78, 5) is 0. The summed E-state index contributed by atoms with van der Waals surface area (Å²) >= 11 is 0. The van der Waals surface area contributed by atoms with Crippen molar-refractivity contribution < 1.29 is 28.1 Å². The molecule has 0 atom stereocenters. The fourth-order valence-electron chi connectivity index (χ4n) is 0.968. The van der Waals surface area contributed by atoms with Gasteiger partial charge >= 0.3 is 6.18 Å². The van der Waals surface area contributed by atoms with Gasteiger partial charge in [-0.1, -0.05) is 0 Å².